The number of nitrogens with one attached hydrogen (secondary N) is 1. The number of nitrogens with zero attached hydrogens (tertiary/aromatic N) is 3. The molecule has 3 atom stereocenters. The second-order valence-corrected chi connectivity index (χ2v) is 9.12. The van der Waals surface area contributed by atoms with Gasteiger partial charge in [0.15, 0.2) is 0 Å². The van der Waals surface area contributed by atoms with Crippen LogP contribution < -0.4 is 5.32 Å². The number of aryl methyl sites for hydroxylation is 1. The van der Waals surface area contributed by atoms with Crippen LogP contribution in [0.15, 0.2) is 49.3 Å². The van der Waals surface area contributed by atoms with Gasteiger partial charge < -0.3 is 9.88 Å². The molecule has 5 nitrogen and oxygen atoms in total. The highest BCUT2D eigenvalue weighted by Gasteiger charge is 2.42. The van der Waals surface area contributed by atoms with Crippen molar-refractivity contribution in [3.05, 3.63) is 60.5 Å². The molecule has 0 saturated carbocycles. The van der Waals surface area contributed by atoms with Crippen molar-refractivity contribution >= 4 is 39.5 Å². The molecule has 1 N–H and O–H groups in total. The van der Waals surface area contributed by atoms with Crippen LogP contribution in [-0.4, -0.2) is 50.6 Å². The summed E-state index contributed by atoms with van der Waals surface area (Å²) in [7, 11) is 2.14. The number of urea groups is 1. The Hall–Kier alpha value is -1.80. The highest BCUT2D eigenvalue weighted by atomic mass is 127. The van der Waals surface area contributed by atoms with Gasteiger partial charge >= 0.3 is 6.03 Å². The van der Waals surface area contributed by atoms with Gasteiger partial charge in [-0.15, -0.1) is 6.58 Å². The van der Waals surface area contributed by atoms with Gasteiger partial charge in [0.25, 0.3) is 0 Å². The van der Waals surface area contributed by atoms with Crippen LogP contribution in [0, 0.1) is 5.92 Å². The van der Waals surface area contributed by atoms with Crippen LogP contribution in [-0.2, 0) is 13.5 Å². The number of fused-ring (bicyclic) bond motifs is 2. The van der Waals surface area contributed by atoms with E-state index in [0.717, 1.165) is 31.6 Å². The third-order valence-electron chi connectivity index (χ3n) is 6.75. The summed E-state index contributed by atoms with van der Waals surface area (Å²) < 4.78 is 2.86. The lowest BCUT2D eigenvalue weighted by molar-refractivity contribution is 0.100. The number of halogens is 1. The van der Waals surface area contributed by atoms with Crippen molar-refractivity contribution in [2.45, 2.75) is 31.7 Å². The molecule has 0 spiro atoms. The van der Waals surface area contributed by atoms with E-state index in [2.05, 4.69) is 82.0 Å². The summed E-state index contributed by atoms with van der Waals surface area (Å²) in [5.41, 5.74) is 5.14. The van der Waals surface area contributed by atoms with E-state index in [1.807, 2.05) is 13.0 Å². The van der Waals surface area contributed by atoms with E-state index >= 15 is 0 Å². The number of amides is 2. The fourth-order valence-corrected chi connectivity index (χ4v) is 6.17. The SMILES string of the molecule is C=CCN1C[C@H](C(=C)N(CI)C(=O)NCC)CC2c3cccc4c3c(cn4C)C[C@H]21. The molecule has 160 valence electrons. The van der Waals surface area contributed by atoms with E-state index in [1.165, 1.54) is 22.0 Å². The zero-order valence-corrected chi connectivity index (χ0v) is 20.1. The molecule has 1 fully saturated rings. The number of carbonyl (C=O) groups excluding carboxylic acids is 1. The minimum absolute atomic E-state index is 0.0506. The molecule has 6 heteroatoms. The van der Waals surface area contributed by atoms with Crippen molar-refractivity contribution in [1.82, 2.24) is 19.7 Å². The predicted octanol–water partition coefficient (Wildman–Crippen LogP) is 4.63. The summed E-state index contributed by atoms with van der Waals surface area (Å²) in [6.07, 6.45) is 6.40. The fourth-order valence-electron chi connectivity index (χ4n) is 5.42. The first-order chi connectivity index (χ1) is 14.5. The first kappa shape index (κ1) is 21.4. The van der Waals surface area contributed by atoms with Crippen LogP contribution in [0.25, 0.3) is 10.9 Å². The molecule has 30 heavy (non-hydrogen) atoms. The van der Waals surface area contributed by atoms with Gasteiger partial charge in [-0.05, 0) is 37.0 Å². The molecular weight excluding hydrogens is 487 g/mol. The molecule has 1 aliphatic heterocycles. The number of piperidine rings is 1. The summed E-state index contributed by atoms with van der Waals surface area (Å²) in [5, 5.41) is 4.36. The molecule has 2 aliphatic rings. The first-order valence-corrected chi connectivity index (χ1v) is 12.2. The Balaban J connectivity index is 1.70. The monoisotopic (exact) mass is 518 g/mol. The molecule has 1 aromatic carbocycles. The first-order valence-electron chi connectivity index (χ1n) is 10.7. The molecule has 1 unspecified atom stereocenters. The maximum absolute atomic E-state index is 12.6. The van der Waals surface area contributed by atoms with Crippen LogP contribution in [0.1, 0.15) is 30.4 Å². The van der Waals surface area contributed by atoms with Crippen molar-refractivity contribution in [2.75, 3.05) is 24.2 Å². The zero-order valence-electron chi connectivity index (χ0n) is 17.9. The van der Waals surface area contributed by atoms with Crippen LogP contribution in [0.4, 0.5) is 4.79 Å². The van der Waals surface area contributed by atoms with Crippen LogP contribution in [0.5, 0.6) is 0 Å². The summed E-state index contributed by atoms with van der Waals surface area (Å²) in [6, 6.07) is 7.12. The van der Waals surface area contributed by atoms with Crippen molar-refractivity contribution in [2.24, 2.45) is 13.0 Å². The summed E-state index contributed by atoms with van der Waals surface area (Å²) in [5.74, 6) is 0.674. The van der Waals surface area contributed by atoms with Gasteiger partial charge in [0, 0.05) is 67.4 Å². The molecule has 2 heterocycles. The Labute approximate surface area is 192 Å². The van der Waals surface area contributed by atoms with E-state index in [4.69, 9.17) is 0 Å². The van der Waals surface area contributed by atoms with Gasteiger partial charge in [0.05, 0.1) is 4.55 Å². The fraction of sp³-hybridized carbons (Fsp3) is 0.458. The maximum atomic E-state index is 12.6. The lowest BCUT2D eigenvalue weighted by atomic mass is 9.71. The third-order valence-corrected chi connectivity index (χ3v) is 7.44. The Morgan fingerprint density at radius 3 is 2.93 bits per heavy atom. The van der Waals surface area contributed by atoms with Gasteiger partial charge in [-0.2, -0.15) is 0 Å². The molecule has 1 aromatic heterocycles. The molecule has 1 saturated heterocycles. The van der Waals surface area contributed by atoms with Crippen molar-refractivity contribution in [3.63, 3.8) is 0 Å². The minimum atomic E-state index is -0.0506. The van der Waals surface area contributed by atoms with Crippen molar-refractivity contribution in [3.8, 4) is 0 Å². The van der Waals surface area contributed by atoms with Gasteiger partial charge in [-0.3, -0.25) is 9.80 Å². The van der Waals surface area contributed by atoms with Crippen LogP contribution in [0.2, 0.25) is 0 Å². The molecule has 2 amide bonds. The lowest BCUT2D eigenvalue weighted by Gasteiger charge is -2.48. The van der Waals surface area contributed by atoms with Gasteiger partial charge in [0.1, 0.15) is 0 Å². The lowest BCUT2D eigenvalue weighted by Crippen LogP contribution is -2.52. The number of alkyl halides is 1. The standard InChI is InChI=1S/C24H31IN4O/c1-5-10-28-14-17(16(3)29(15-25)24(30)26-6-2)11-20-19-8-7-9-21-23(19)18(12-22(20)28)13-27(21)4/h5,7-9,13,17,20,22H,1,3,6,10-12,14-15H2,2,4H3,(H,26,30)/t17-,20?,22-/m1/s1. The number of aromatic nitrogens is 1. The number of benzene rings is 1. The number of rotatable bonds is 6. The molecule has 1 aliphatic carbocycles. The molecular formula is C24H31IN4O. The molecule has 2 aromatic rings. The van der Waals surface area contributed by atoms with Gasteiger partial charge in [0.2, 0.25) is 0 Å². The molecule has 4 rings (SSSR count). The average molecular weight is 518 g/mol. The predicted molar refractivity (Wildman–Crippen MR) is 132 cm³/mol. The maximum Gasteiger partial charge on any atom is 0.322 e. The number of hydrogen-bond acceptors (Lipinski definition) is 2. The quantitative estimate of drug-likeness (QED) is 0.262. The molecule has 0 bridgehead atoms. The van der Waals surface area contributed by atoms with E-state index in [9.17, 15) is 4.79 Å². The Morgan fingerprint density at radius 2 is 2.23 bits per heavy atom. The van der Waals surface area contributed by atoms with Crippen LogP contribution >= 0.6 is 22.6 Å². The highest BCUT2D eigenvalue weighted by molar-refractivity contribution is 14.1. The van der Waals surface area contributed by atoms with Gasteiger partial charge in [-0.25, -0.2) is 4.79 Å². The Morgan fingerprint density at radius 1 is 1.43 bits per heavy atom. The second-order valence-electron chi connectivity index (χ2n) is 8.43. The van der Waals surface area contributed by atoms with Crippen LogP contribution in [0.3, 0.4) is 0 Å². The summed E-state index contributed by atoms with van der Waals surface area (Å²) in [4.78, 5) is 16.9. The van der Waals surface area contributed by atoms with Crippen molar-refractivity contribution in [1.29, 1.82) is 0 Å². The number of likely N-dealkylation sites (tertiary alicyclic amines) is 1. The number of carbonyl (C=O) groups is 1. The van der Waals surface area contributed by atoms with Gasteiger partial charge in [-0.1, -0.05) is 47.4 Å². The highest BCUT2D eigenvalue weighted by Crippen LogP contribution is 2.46. The van der Waals surface area contributed by atoms with E-state index in [-0.39, 0.29) is 11.9 Å². The Bertz CT molecular complexity index is 981. The van der Waals surface area contributed by atoms with E-state index < -0.39 is 0 Å². The number of hydrogen-bond donors (Lipinski definition) is 1. The normalized spacial score (nSPS) is 23.1. The molecule has 0 radical (unpaired) electrons. The average Bonchev–Trinajstić information content (AvgIpc) is 3.06. The smallest absolute Gasteiger partial charge is 0.322 e. The summed E-state index contributed by atoms with van der Waals surface area (Å²) in [6.45, 7) is 12.7. The topological polar surface area (TPSA) is 40.5 Å². The third kappa shape index (κ3) is 3.58. The van der Waals surface area contributed by atoms with E-state index in [1.54, 1.807) is 4.90 Å². The summed E-state index contributed by atoms with van der Waals surface area (Å²) >= 11 is 2.25. The Kier molecular flexibility index (Phi) is 6.25. The van der Waals surface area contributed by atoms with Crippen molar-refractivity contribution < 1.29 is 4.79 Å². The zero-order chi connectivity index (χ0) is 21.4. The van der Waals surface area contributed by atoms with E-state index in [0.29, 0.717) is 23.1 Å². The minimum Gasteiger partial charge on any atom is -0.350 e. The second kappa shape index (κ2) is 8.75. The largest absolute Gasteiger partial charge is 0.350 e.